The monoisotopic (exact) mass is 459 g/mol. The highest BCUT2D eigenvalue weighted by molar-refractivity contribution is 5.67. The number of halogens is 3. The van der Waals surface area contributed by atoms with Crippen LogP contribution in [0.2, 0.25) is 0 Å². The minimum atomic E-state index is -4.57. The summed E-state index contributed by atoms with van der Waals surface area (Å²) in [6.07, 6.45) is -5.24. The van der Waals surface area contributed by atoms with Gasteiger partial charge in [-0.2, -0.15) is 28.1 Å². The number of alkyl halides is 3. The van der Waals surface area contributed by atoms with E-state index >= 15 is 0 Å². The zero-order chi connectivity index (χ0) is 23.8. The first kappa shape index (κ1) is 24.7. The number of hydrogen-bond acceptors (Lipinski definition) is 10. The van der Waals surface area contributed by atoms with Gasteiger partial charge >= 0.3 is 18.3 Å². The summed E-state index contributed by atoms with van der Waals surface area (Å²) in [5, 5.41) is 15.1. The van der Waals surface area contributed by atoms with Crippen LogP contribution in [0.1, 0.15) is 20.8 Å². The highest BCUT2D eigenvalue weighted by atomic mass is 19.4. The fourth-order valence-electron chi connectivity index (χ4n) is 2.09. The van der Waals surface area contributed by atoms with Gasteiger partial charge < -0.3 is 25.2 Å². The molecule has 14 heteroatoms. The minimum absolute atomic E-state index is 0.0282. The van der Waals surface area contributed by atoms with Crippen molar-refractivity contribution in [3.8, 4) is 11.8 Å². The summed E-state index contributed by atoms with van der Waals surface area (Å²) in [6, 6.07) is 5.42. The molecule has 5 N–H and O–H groups in total. The zero-order valence-corrected chi connectivity index (χ0v) is 17.6. The molecular weight excluding hydrogens is 435 g/mol. The van der Waals surface area contributed by atoms with Gasteiger partial charge in [0.1, 0.15) is 11.4 Å². The molecule has 0 unspecified atom stereocenters. The van der Waals surface area contributed by atoms with Gasteiger partial charge in [0, 0.05) is 24.8 Å². The molecule has 32 heavy (non-hydrogen) atoms. The lowest BCUT2D eigenvalue weighted by Gasteiger charge is -2.19. The number of carbonyl (C=O) groups is 1. The Morgan fingerprint density at radius 2 is 1.81 bits per heavy atom. The fraction of sp³-hybridized carbons (Fsp3) is 0.444. The minimum Gasteiger partial charge on any atom is -0.508 e. The number of anilines is 3. The van der Waals surface area contributed by atoms with Gasteiger partial charge in [-0.1, -0.05) is 6.07 Å². The highest BCUT2D eigenvalue weighted by Crippen LogP contribution is 2.21. The molecule has 0 saturated heterocycles. The lowest BCUT2D eigenvalue weighted by atomic mass is 10.2. The predicted octanol–water partition coefficient (Wildman–Crippen LogP) is 2.70. The van der Waals surface area contributed by atoms with E-state index < -0.39 is 30.5 Å². The molecule has 1 aromatic carbocycles. The summed E-state index contributed by atoms with van der Waals surface area (Å²) in [6.45, 7) is 3.97. The van der Waals surface area contributed by atoms with Crippen LogP contribution in [-0.4, -0.2) is 57.6 Å². The molecule has 0 bridgehead atoms. The molecule has 2 rings (SSSR count). The largest absolute Gasteiger partial charge is 0.508 e. The molecule has 2 aromatic rings. The number of hydrazine groups is 1. The van der Waals surface area contributed by atoms with Gasteiger partial charge in [-0.25, -0.2) is 10.2 Å². The molecule has 11 nitrogen and oxygen atoms in total. The van der Waals surface area contributed by atoms with Crippen LogP contribution < -0.4 is 26.2 Å². The topological polar surface area (TPSA) is 143 Å². The summed E-state index contributed by atoms with van der Waals surface area (Å²) < 4.78 is 47.1. The maximum Gasteiger partial charge on any atom is 0.422 e. The van der Waals surface area contributed by atoms with Crippen molar-refractivity contribution < 1.29 is 32.5 Å². The number of nitrogens with one attached hydrogen (secondary N) is 4. The van der Waals surface area contributed by atoms with Crippen LogP contribution in [0.3, 0.4) is 0 Å². The van der Waals surface area contributed by atoms with Gasteiger partial charge in [0.05, 0.1) is 0 Å². The molecule has 0 fully saturated rings. The molecule has 0 spiro atoms. The molecule has 0 radical (unpaired) electrons. The molecule has 0 atom stereocenters. The molecule has 1 heterocycles. The van der Waals surface area contributed by atoms with E-state index in [4.69, 9.17) is 4.74 Å². The van der Waals surface area contributed by atoms with Crippen LogP contribution in [0.25, 0.3) is 0 Å². The number of benzene rings is 1. The number of hydrogen-bond donors (Lipinski definition) is 5. The number of aromatic hydroxyl groups is 1. The zero-order valence-electron chi connectivity index (χ0n) is 17.6. The van der Waals surface area contributed by atoms with Gasteiger partial charge in [-0.05, 0) is 32.9 Å². The maximum absolute atomic E-state index is 12.5. The lowest BCUT2D eigenvalue weighted by molar-refractivity contribution is -0.154. The van der Waals surface area contributed by atoms with Crippen molar-refractivity contribution in [3.05, 3.63) is 24.3 Å². The Hall–Kier alpha value is -3.55. The van der Waals surface area contributed by atoms with Crippen LogP contribution >= 0.6 is 0 Å². The van der Waals surface area contributed by atoms with Crippen LogP contribution in [0, 0.1) is 0 Å². The third kappa shape index (κ3) is 9.97. The summed E-state index contributed by atoms with van der Waals surface area (Å²) >= 11 is 0. The SMILES string of the molecule is CC(C)(C)OC(=O)NNCCNc1nc(Nc2cccc(O)c2)nc(OCC(F)(F)F)n1. The van der Waals surface area contributed by atoms with E-state index in [2.05, 4.69) is 41.2 Å². The number of aromatic nitrogens is 3. The Bertz CT molecular complexity index is 907. The van der Waals surface area contributed by atoms with Crippen molar-refractivity contribution in [2.24, 2.45) is 0 Å². The lowest BCUT2D eigenvalue weighted by Crippen LogP contribution is -2.43. The number of amides is 1. The average Bonchev–Trinajstić information content (AvgIpc) is 2.64. The summed E-state index contributed by atoms with van der Waals surface area (Å²) in [5.41, 5.74) is 4.69. The Morgan fingerprint density at radius 1 is 1.09 bits per heavy atom. The van der Waals surface area contributed by atoms with Gasteiger partial charge in [0.25, 0.3) is 0 Å². The van der Waals surface area contributed by atoms with Crippen molar-refractivity contribution in [1.29, 1.82) is 0 Å². The first-order valence-electron chi connectivity index (χ1n) is 9.37. The predicted molar refractivity (Wildman–Crippen MR) is 109 cm³/mol. The molecule has 176 valence electrons. The molecule has 0 saturated carbocycles. The van der Waals surface area contributed by atoms with E-state index in [1.54, 1.807) is 32.9 Å². The van der Waals surface area contributed by atoms with Gasteiger partial charge in [-0.15, -0.1) is 0 Å². The molecule has 0 aliphatic heterocycles. The van der Waals surface area contributed by atoms with E-state index in [0.717, 1.165) is 0 Å². The molecule has 1 aromatic heterocycles. The second-order valence-electron chi connectivity index (χ2n) is 7.32. The van der Waals surface area contributed by atoms with Crippen LogP contribution in [0.4, 0.5) is 35.5 Å². The number of carbonyl (C=O) groups excluding carboxylic acids is 1. The smallest absolute Gasteiger partial charge is 0.422 e. The third-order valence-corrected chi connectivity index (χ3v) is 3.20. The molecule has 0 aliphatic rings. The quantitative estimate of drug-likeness (QED) is 0.281. The van der Waals surface area contributed by atoms with E-state index in [1.807, 2.05) is 0 Å². The number of ether oxygens (including phenoxy) is 2. The standard InChI is InChI=1S/C18H24F3N7O4/c1-17(2,3)32-16(30)28-23-8-7-22-13-25-14(24-11-5-4-6-12(29)9-11)27-15(26-13)31-10-18(19,20)21/h4-6,9,23,29H,7-8,10H2,1-3H3,(H,28,30)(H2,22,24,25,26,27). The molecule has 1 amide bonds. The fourth-order valence-corrected chi connectivity index (χ4v) is 2.09. The molecule has 0 aliphatic carbocycles. The van der Waals surface area contributed by atoms with Crippen molar-refractivity contribution in [3.63, 3.8) is 0 Å². The van der Waals surface area contributed by atoms with Crippen molar-refractivity contribution in [2.75, 3.05) is 30.3 Å². The van der Waals surface area contributed by atoms with Crippen LogP contribution in [0.5, 0.6) is 11.8 Å². The second-order valence-corrected chi connectivity index (χ2v) is 7.32. The van der Waals surface area contributed by atoms with E-state index in [0.29, 0.717) is 5.69 Å². The Labute approximate surface area is 181 Å². The van der Waals surface area contributed by atoms with Gasteiger partial charge in [-0.3, -0.25) is 5.43 Å². The normalized spacial score (nSPS) is 11.6. The van der Waals surface area contributed by atoms with Gasteiger partial charge in [0.2, 0.25) is 11.9 Å². The number of nitrogens with zero attached hydrogens (tertiary/aromatic N) is 3. The van der Waals surface area contributed by atoms with Crippen LogP contribution in [0.15, 0.2) is 24.3 Å². The third-order valence-electron chi connectivity index (χ3n) is 3.20. The summed E-state index contributed by atoms with van der Waals surface area (Å²) in [7, 11) is 0. The maximum atomic E-state index is 12.5. The van der Waals surface area contributed by atoms with Crippen molar-refractivity contribution in [1.82, 2.24) is 25.8 Å². The Morgan fingerprint density at radius 3 is 2.47 bits per heavy atom. The van der Waals surface area contributed by atoms with Crippen molar-refractivity contribution in [2.45, 2.75) is 32.5 Å². The van der Waals surface area contributed by atoms with E-state index in [1.165, 1.54) is 12.1 Å². The second kappa shape index (κ2) is 10.7. The van der Waals surface area contributed by atoms with Crippen LogP contribution in [-0.2, 0) is 4.74 Å². The van der Waals surface area contributed by atoms with E-state index in [9.17, 15) is 23.1 Å². The number of rotatable bonds is 9. The summed E-state index contributed by atoms with van der Waals surface area (Å²) in [5.74, 6) is -0.205. The first-order chi connectivity index (χ1) is 14.9. The van der Waals surface area contributed by atoms with E-state index in [-0.39, 0.29) is 30.7 Å². The molecular formula is C18H24F3N7O4. The summed E-state index contributed by atoms with van der Waals surface area (Å²) in [4.78, 5) is 23.2. The Balaban J connectivity index is 1.99. The first-order valence-corrected chi connectivity index (χ1v) is 9.37. The number of phenolic OH excluding ortho intramolecular Hbond substituents is 1. The van der Waals surface area contributed by atoms with Gasteiger partial charge in [0.15, 0.2) is 6.61 Å². The Kier molecular flexibility index (Phi) is 8.23. The van der Waals surface area contributed by atoms with Crippen molar-refractivity contribution >= 4 is 23.7 Å². The highest BCUT2D eigenvalue weighted by Gasteiger charge is 2.29. The average molecular weight is 459 g/mol. The number of phenols is 1.